The number of hydrogen-bond acceptors (Lipinski definition) is 2. The van der Waals surface area contributed by atoms with Crippen molar-refractivity contribution < 1.29 is 9.18 Å². The molecule has 2 aliphatic rings. The van der Waals surface area contributed by atoms with E-state index >= 15 is 0 Å². The van der Waals surface area contributed by atoms with Gasteiger partial charge in [0.05, 0.1) is 0 Å². The van der Waals surface area contributed by atoms with Gasteiger partial charge in [0.2, 0.25) is 5.91 Å². The molecule has 0 radical (unpaired) electrons. The molecule has 0 aromatic heterocycles. The summed E-state index contributed by atoms with van der Waals surface area (Å²) in [5.74, 6) is 0.806. The number of likely N-dealkylation sites (tertiary alicyclic amines) is 1. The Balaban J connectivity index is 0.00000300. The van der Waals surface area contributed by atoms with Crippen molar-refractivity contribution in [3.8, 4) is 0 Å². The Kier molecular flexibility index (Phi) is 9.17. The van der Waals surface area contributed by atoms with Gasteiger partial charge in [-0.05, 0) is 37.0 Å². The van der Waals surface area contributed by atoms with E-state index in [1.54, 1.807) is 19.2 Å². The maximum absolute atomic E-state index is 13.4. The number of benzene rings is 1. The van der Waals surface area contributed by atoms with E-state index in [0.717, 1.165) is 44.9 Å². The van der Waals surface area contributed by atoms with Crippen LogP contribution in [-0.4, -0.2) is 49.5 Å². The zero-order chi connectivity index (χ0) is 20.0. The van der Waals surface area contributed by atoms with E-state index in [1.807, 2.05) is 24.0 Å². The van der Waals surface area contributed by atoms with Crippen LogP contribution in [0.4, 0.5) is 4.39 Å². The van der Waals surface area contributed by atoms with E-state index in [0.29, 0.717) is 6.42 Å². The Morgan fingerprint density at radius 2 is 1.93 bits per heavy atom. The highest BCUT2D eigenvalue weighted by molar-refractivity contribution is 14.0. The van der Waals surface area contributed by atoms with Gasteiger partial charge >= 0.3 is 0 Å². The molecule has 2 fully saturated rings. The van der Waals surface area contributed by atoms with E-state index in [9.17, 15) is 9.18 Å². The fraction of sp³-hybridized carbons (Fsp3) is 0.636. The summed E-state index contributed by atoms with van der Waals surface area (Å²) in [4.78, 5) is 18.2. The van der Waals surface area contributed by atoms with Gasteiger partial charge in [0.15, 0.2) is 5.96 Å². The first kappa shape index (κ1) is 23.9. The van der Waals surface area contributed by atoms with Gasteiger partial charge in [0.25, 0.3) is 0 Å². The van der Waals surface area contributed by atoms with Crippen molar-refractivity contribution in [1.29, 1.82) is 0 Å². The second kappa shape index (κ2) is 11.1. The molecule has 1 heterocycles. The van der Waals surface area contributed by atoms with Gasteiger partial charge in [-0.1, -0.05) is 38.3 Å². The summed E-state index contributed by atoms with van der Waals surface area (Å²) in [6.45, 7) is 4.22. The molecule has 7 heteroatoms. The van der Waals surface area contributed by atoms with E-state index in [4.69, 9.17) is 0 Å². The highest BCUT2D eigenvalue weighted by Gasteiger charge is 2.34. The molecule has 1 aliphatic heterocycles. The molecule has 1 atom stereocenters. The maximum atomic E-state index is 13.4. The molecule has 162 valence electrons. The SMILES string of the molecule is CCC(=O)N1CCC(NC(=NC)NCC2(c3ccc(F)cc3)CCCCC2)C1.I. The van der Waals surface area contributed by atoms with Gasteiger partial charge in [-0.3, -0.25) is 9.79 Å². The normalized spacial score (nSPS) is 21.4. The van der Waals surface area contributed by atoms with E-state index in [-0.39, 0.29) is 47.2 Å². The number of aliphatic imine (C=N–C) groups is 1. The number of carbonyl (C=O) groups is 1. The van der Waals surface area contributed by atoms with Crippen molar-refractivity contribution in [1.82, 2.24) is 15.5 Å². The van der Waals surface area contributed by atoms with Crippen LogP contribution in [0.1, 0.15) is 57.4 Å². The zero-order valence-electron chi connectivity index (χ0n) is 17.5. The fourth-order valence-corrected chi connectivity index (χ4v) is 4.57. The highest BCUT2D eigenvalue weighted by atomic mass is 127. The quantitative estimate of drug-likeness (QED) is 0.356. The summed E-state index contributed by atoms with van der Waals surface area (Å²) in [7, 11) is 1.78. The summed E-state index contributed by atoms with van der Waals surface area (Å²) in [5, 5.41) is 7.00. The largest absolute Gasteiger partial charge is 0.356 e. The Morgan fingerprint density at radius 1 is 1.24 bits per heavy atom. The minimum atomic E-state index is -0.187. The lowest BCUT2D eigenvalue weighted by atomic mass is 9.69. The van der Waals surface area contributed by atoms with Crippen LogP contribution in [0.3, 0.4) is 0 Å². The third-order valence-corrected chi connectivity index (χ3v) is 6.27. The molecule has 1 saturated carbocycles. The number of amides is 1. The van der Waals surface area contributed by atoms with Crippen LogP contribution in [0.25, 0.3) is 0 Å². The zero-order valence-corrected chi connectivity index (χ0v) is 19.9. The first-order valence-electron chi connectivity index (χ1n) is 10.6. The van der Waals surface area contributed by atoms with Crippen molar-refractivity contribution in [2.24, 2.45) is 4.99 Å². The van der Waals surface area contributed by atoms with Crippen LogP contribution in [0.5, 0.6) is 0 Å². The molecule has 0 spiro atoms. The van der Waals surface area contributed by atoms with Crippen LogP contribution < -0.4 is 10.6 Å². The minimum absolute atomic E-state index is 0. The van der Waals surface area contributed by atoms with Gasteiger partial charge in [0.1, 0.15) is 5.82 Å². The number of rotatable bonds is 5. The van der Waals surface area contributed by atoms with Crippen LogP contribution in [-0.2, 0) is 10.2 Å². The Morgan fingerprint density at radius 3 is 2.55 bits per heavy atom. The van der Waals surface area contributed by atoms with Gasteiger partial charge in [-0.25, -0.2) is 4.39 Å². The smallest absolute Gasteiger partial charge is 0.222 e. The lowest BCUT2D eigenvalue weighted by Crippen LogP contribution is -2.49. The topological polar surface area (TPSA) is 56.7 Å². The third kappa shape index (κ3) is 6.06. The van der Waals surface area contributed by atoms with Crippen LogP contribution >= 0.6 is 24.0 Å². The molecule has 1 aliphatic carbocycles. The van der Waals surface area contributed by atoms with Crippen LogP contribution in [0.2, 0.25) is 0 Å². The standard InChI is InChI=1S/C22H33FN4O.HI/c1-3-20(28)27-14-11-19(15-27)26-21(24-2)25-16-22(12-5-4-6-13-22)17-7-9-18(23)10-8-17;/h7-10,19H,3-6,11-16H2,1-2H3,(H2,24,25,26);1H. The lowest BCUT2D eigenvalue weighted by molar-refractivity contribution is -0.129. The van der Waals surface area contributed by atoms with E-state index < -0.39 is 0 Å². The van der Waals surface area contributed by atoms with Gasteiger partial charge < -0.3 is 15.5 Å². The molecule has 0 bridgehead atoms. The van der Waals surface area contributed by atoms with Gasteiger partial charge in [0, 0.05) is 44.6 Å². The molecule has 2 N–H and O–H groups in total. The molecular weight excluding hydrogens is 482 g/mol. The molecule has 1 amide bonds. The predicted molar refractivity (Wildman–Crippen MR) is 126 cm³/mol. The van der Waals surface area contributed by atoms with E-state index in [1.165, 1.54) is 24.8 Å². The fourth-order valence-electron chi connectivity index (χ4n) is 4.57. The molecule has 1 aromatic carbocycles. The second-order valence-electron chi connectivity index (χ2n) is 8.10. The predicted octanol–water partition coefficient (Wildman–Crippen LogP) is 3.82. The number of carbonyl (C=O) groups excluding carboxylic acids is 1. The summed E-state index contributed by atoms with van der Waals surface area (Å²) in [6, 6.07) is 7.23. The Hall–Kier alpha value is -1.38. The van der Waals surface area contributed by atoms with Crippen molar-refractivity contribution in [3.05, 3.63) is 35.6 Å². The van der Waals surface area contributed by atoms with E-state index in [2.05, 4.69) is 15.6 Å². The molecule has 1 unspecified atom stereocenters. The van der Waals surface area contributed by atoms with Crippen molar-refractivity contribution in [3.63, 3.8) is 0 Å². The number of nitrogens with zero attached hydrogens (tertiary/aromatic N) is 2. The number of guanidine groups is 1. The second-order valence-corrected chi connectivity index (χ2v) is 8.10. The summed E-state index contributed by atoms with van der Waals surface area (Å²) in [6.07, 6.45) is 7.36. The van der Waals surface area contributed by atoms with Gasteiger partial charge in [-0.2, -0.15) is 0 Å². The molecular formula is C22H34FIN4O. The number of halogens is 2. The van der Waals surface area contributed by atoms with Crippen molar-refractivity contribution in [2.45, 2.75) is 63.3 Å². The molecule has 3 rings (SSSR count). The maximum Gasteiger partial charge on any atom is 0.222 e. The number of nitrogens with one attached hydrogen (secondary N) is 2. The van der Waals surface area contributed by atoms with Crippen LogP contribution in [0, 0.1) is 5.82 Å². The molecule has 1 aromatic rings. The molecule has 1 saturated heterocycles. The third-order valence-electron chi connectivity index (χ3n) is 6.27. The van der Waals surface area contributed by atoms with Crippen LogP contribution in [0.15, 0.2) is 29.3 Å². The van der Waals surface area contributed by atoms with Crippen molar-refractivity contribution in [2.75, 3.05) is 26.7 Å². The summed E-state index contributed by atoms with van der Waals surface area (Å²) in [5.41, 5.74) is 1.22. The molecule has 29 heavy (non-hydrogen) atoms. The highest BCUT2D eigenvalue weighted by Crippen LogP contribution is 2.39. The summed E-state index contributed by atoms with van der Waals surface area (Å²) < 4.78 is 13.4. The average molecular weight is 516 g/mol. The summed E-state index contributed by atoms with van der Waals surface area (Å²) >= 11 is 0. The van der Waals surface area contributed by atoms with Gasteiger partial charge in [-0.15, -0.1) is 24.0 Å². The first-order valence-corrected chi connectivity index (χ1v) is 10.6. The number of hydrogen-bond donors (Lipinski definition) is 2. The average Bonchev–Trinajstić information content (AvgIpc) is 3.20. The van der Waals surface area contributed by atoms with Crippen molar-refractivity contribution >= 4 is 35.8 Å². The first-order chi connectivity index (χ1) is 13.6. The molecule has 5 nitrogen and oxygen atoms in total. The Bertz CT molecular complexity index is 689. The monoisotopic (exact) mass is 516 g/mol. The lowest BCUT2D eigenvalue weighted by Gasteiger charge is -2.38. The Labute approximate surface area is 190 Å². The minimum Gasteiger partial charge on any atom is -0.356 e.